The lowest BCUT2D eigenvalue weighted by Gasteiger charge is -2.29. The molecule has 100 valence electrons. The average Bonchev–Trinajstić information content (AvgIpc) is 3.21. The number of rotatable bonds is 6. The van der Waals surface area contributed by atoms with E-state index in [9.17, 15) is 5.11 Å². The highest BCUT2D eigenvalue weighted by atomic mass is 79.9. The van der Waals surface area contributed by atoms with Gasteiger partial charge in [0.1, 0.15) is 5.75 Å². The Hall–Kier alpha value is -0.580. The Morgan fingerprint density at radius 3 is 2.72 bits per heavy atom. The molecule has 1 fully saturated rings. The van der Waals surface area contributed by atoms with Crippen LogP contribution in [0.4, 0.5) is 0 Å². The van der Waals surface area contributed by atoms with Crippen molar-refractivity contribution in [2.45, 2.75) is 31.8 Å². The van der Waals surface area contributed by atoms with E-state index >= 15 is 0 Å². The van der Waals surface area contributed by atoms with Gasteiger partial charge in [0.05, 0.1) is 18.2 Å². The van der Waals surface area contributed by atoms with E-state index in [2.05, 4.69) is 34.2 Å². The summed E-state index contributed by atoms with van der Waals surface area (Å²) < 4.78 is 6.17. The van der Waals surface area contributed by atoms with Crippen molar-refractivity contribution in [1.29, 1.82) is 0 Å². The van der Waals surface area contributed by atoms with Crippen LogP contribution in [0.1, 0.15) is 25.3 Å². The van der Waals surface area contributed by atoms with Crippen LogP contribution in [0.3, 0.4) is 0 Å². The van der Waals surface area contributed by atoms with Gasteiger partial charge < -0.3 is 15.2 Å². The van der Waals surface area contributed by atoms with Gasteiger partial charge >= 0.3 is 0 Å². The lowest BCUT2D eigenvalue weighted by Crippen LogP contribution is -2.47. The molecule has 2 N–H and O–H groups in total. The molecule has 0 amide bonds. The Labute approximate surface area is 117 Å². The largest absolute Gasteiger partial charge is 0.496 e. The van der Waals surface area contributed by atoms with E-state index in [1.165, 1.54) is 18.4 Å². The molecule has 0 saturated heterocycles. The zero-order valence-electron chi connectivity index (χ0n) is 10.9. The number of aliphatic hydroxyl groups is 1. The molecule has 1 aromatic rings. The van der Waals surface area contributed by atoms with Crippen LogP contribution in [0.5, 0.6) is 5.75 Å². The summed E-state index contributed by atoms with van der Waals surface area (Å²) in [5.74, 6) is 1.45. The first-order valence-corrected chi connectivity index (χ1v) is 7.06. The van der Waals surface area contributed by atoms with Gasteiger partial charge in [-0.2, -0.15) is 0 Å². The quantitative estimate of drug-likeness (QED) is 0.848. The zero-order chi connectivity index (χ0) is 13.2. The first-order chi connectivity index (χ1) is 8.59. The molecule has 3 nitrogen and oxygen atoms in total. The van der Waals surface area contributed by atoms with Gasteiger partial charge in [0, 0.05) is 12.1 Å². The number of hydrogen-bond donors (Lipinski definition) is 2. The van der Waals surface area contributed by atoms with Crippen LogP contribution in [-0.4, -0.2) is 24.4 Å². The summed E-state index contributed by atoms with van der Waals surface area (Å²) in [5, 5.41) is 13.0. The summed E-state index contributed by atoms with van der Waals surface area (Å²) in [4.78, 5) is 0. The van der Waals surface area contributed by atoms with E-state index in [1.807, 2.05) is 12.1 Å². The molecule has 0 bridgehead atoms. The minimum absolute atomic E-state index is 0.146. The van der Waals surface area contributed by atoms with E-state index < -0.39 is 0 Å². The third-order valence-corrected chi connectivity index (χ3v) is 4.34. The highest BCUT2D eigenvalue weighted by Gasteiger charge is 2.40. The number of aliphatic hydroxyl groups excluding tert-OH is 1. The van der Waals surface area contributed by atoms with E-state index in [0.29, 0.717) is 5.92 Å². The molecular formula is C14H20BrNO2. The van der Waals surface area contributed by atoms with Crippen molar-refractivity contribution in [3.63, 3.8) is 0 Å². The summed E-state index contributed by atoms with van der Waals surface area (Å²) in [6, 6.07) is 6.05. The molecule has 1 aromatic carbocycles. The minimum atomic E-state index is -0.146. The predicted octanol–water partition coefficient (Wildman–Crippen LogP) is 2.71. The number of halogens is 1. The topological polar surface area (TPSA) is 41.5 Å². The van der Waals surface area contributed by atoms with Crippen LogP contribution < -0.4 is 10.1 Å². The second-order valence-electron chi connectivity index (χ2n) is 5.17. The fourth-order valence-corrected chi connectivity index (χ4v) is 2.76. The van der Waals surface area contributed by atoms with Gasteiger partial charge in [0.25, 0.3) is 0 Å². The Kier molecular flexibility index (Phi) is 4.30. The van der Waals surface area contributed by atoms with Crippen molar-refractivity contribution in [1.82, 2.24) is 5.32 Å². The Bertz CT molecular complexity index is 420. The third kappa shape index (κ3) is 3.05. The third-order valence-electron chi connectivity index (χ3n) is 3.72. The summed E-state index contributed by atoms with van der Waals surface area (Å²) in [5.41, 5.74) is 1.04. The van der Waals surface area contributed by atoms with E-state index in [0.717, 1.165) is 16.8 Å². The first-order valence-electron chi connectivity index (χ1n) is 6.27. The highest BCUT2D eigenvalue weighted by molar-refractivity contribution is 9.10. The van der Waals surface area contributed by atoms with Crippen molar-refractivity contribution in [3.8, 4) is 5.75 Å². The van der Waals surface area contributed by atoms with Gasteiger partial charge in [-0.15, -0.1) is 0 Å². The average molecular weight is 314 g/mol. The van der Waals surface area contributed by atoms with Gasteiger partial charge in [-0.05, 0) is 59.3 Å². The van der Waals surface area contributed by atoms with Crippen molar-refractivity contribution in [2.75, 3.05) is 13.7 Å². The first kappa shape index (κ1) is 13.8. The molecule has 0 aliphatic heterocycles. The van der Waals surface area contributed by atoms with E-state index in [1.54, 1.807) is 7.11 Å². The number of benzene rings is 1. The number of ether oxygens (including phenoxy) is 1. The van der Waals surface area contributed by atoms with Crippen LogP contribution >= 0.6 is 15.9 Å². The molecule has 1 aliphatic carbocycles. The number of nitrogens with one attached hydrogen (secondary N) is 1. The van der Waals surface area contributed by atoms with Crippen LogP contribution in [0, 0.1) is 5.92 Å². The molecule has 1 unspecified atom stereocenters. The number of hydrogen-bond acceptors (Lipinski definition) is 3. The normalized spacial score (nSPS) is 18.4. The second-order valence-corrected chi connectivity index (χ2v) is 6.03. The molecule has 0 heterocycles. The molecule has 0 spiro atoms. The second kappa shape index (κ2) is 5.59. The molecule has 1 saturated carbocycles. The number of methoxy groups -OCH3 is 1. The molecule has 4 heteroatoms. The van der Waals surface area contributed by atoms with Crippen LogP contribution in [-0.2, 0) is 6.54 Å². The van der Waals surface area contributed by atoms with Gasteiger partial charge in [-0.25, -0.2) is 0 Å². The fraction of sp³-hybridized carbons (Fsp3) is 0.571. The SMILES string of the molecule is COc1ccc(CNC(C)(CO)C2CC2)cc1Br. The minimum Gasteiger partial charge on any atom is -0.496 e. The Morgan fingerprint density at radius 2 is 2.22 bits per heavy atom. The maximum Gasteiger partial charge on any atom is 0.133 e. The van der Waals surface area contributed by atoms with Crippen molar-refractivity contribution in [2.24, 2.45) is 5.92 Å². The van der Waals surface area contributed by atoms with Gasteiger partial charge in [0.2, 0.25) is 0 Å². The molecule has 2 rings (SSSR count). The summed E-state index contributed by atoms with van der Waals surface area (Å²) in [7, 11) is 1.66. The maximum absolute atomic E-state index is 9.52. The smallest absolute Gasteiger partial charge is 0.133 e. The van der Waals surface area contributed by atoms with Gasteiger partial charge in [0.15, 0.2) is 0 Å². The summed E-state index contributed by atoms with van der Waals surface area (Å²) in [6.07, 6.45) is 2.44. The van der Waals surface area contributed by atoms with Crippen molar-refractivity contribution < 1.29 is 9.84 Å². The maximum atomic E-state index is 9.52. The molecule has 18 heavy (non-hydrogen) atoms. The van der Waals surface area contributed by atoms with E-state index in [4.69, 9.17) is 4.74 Å². The monoisotopic (exact) mass is 313 g/mol. The van der Waals surface area contributed by atoms with Gasteiger partial charge in [-0.1, -0.05) is 6.07 Å². The molecular weight excluding hydrogens is 294 g/mol. The predicted molar refractivity (Wildman–Crippen MR) is 75.7 cm³/mol. The zero-order valence-corrected chi connectivity index (χ0v) is 12.5. The molecule has 1 atom stereocenters. The van der Waals surface area contributed by atoms with Crippen LogP contribution in [0.15, 0.2) is 22.7 Å². The fourth-order valence-electron chi connectivity index (χ4n) is 2.17. The van der Waals surface area contributed by atoms with Crippen molar-refractivity contribution >= 4 is 15.9 Å². The lowest BCUT2D eigenvalue weighted by atomic mass is 9.96. The lowest BCUT2D eigenvalue weighted by molar-refractivity contribution is 0.153. The standard InChI is InChI=1S/C14H20BrNO2/c1-14(9-17,11-4-5-11)16-8-10-3-6-13(18-2)12(15)7-10/h3,6-7,11,16-17H,4-5,8-9H2,1-2H3. The van der Waals surface area contributed by atoms with E-state index in [-0.39, 0.29) is 12.1 Å². The Morgan fingerprint density at radius 1 is 1.50 bits per heavy atom. The van der Waals surface area contributed by atoms with Crippen LogP contribution in [0.2, 0.25) is 0 Å². The van der Waals surface area contributed by atoms with Crippen molar-refractivity contribution in [3.05, 3.63) is 28.2 Å². The molecule has 0 radical (unpaired) electrons. The van der Waals surface area contributed by atoms with Crippen LogP contribution in [0.25, 0.3) is 0 Å². The van der Waals surface area contributed by atoms with Gasteiger partial charge in [-0.3, -0.25) is 0 Å². The molecule has 0 aromatic heterocycles. The summed E-state index contributed by atoms with van der Waals surface area (Å²) >= 11 is 3.48. The Balaban J connectivity index is 1.99. The summed E-state index contributed by atoms with van der Waals surface area (Å²) in [6.45, 7) is 3.05. The highest BCUT2D eigenvalue weighted by Crippen LogP contribution is 2.39. The molecule has 1 aliphatic rings.